The Labute approximate surface area is 214 Å². The molecule has 0 spiro atoms. The number of carbonyl (C=O) groups is 2. The Bertz CT molecular complexity index is 1340. The van der Waals surface area contributed by atoms with Crippen LogP contribution in [0.4, 0.5) is 17.6 Å². The van der Waals surface area contributed by atoms with Crippen LogP contribution in [0.3, 0.4) is 0 Å². The molecule has 1 fully saturated rings. The molecule has 0 radical (unpaired) electrons. The number of rotatable bonds is 7. The molecule has 2 aliphatic rings. The lowest BCUT2D eigenvalue weighted by molar-refractivity contribution is 0.00746. The third kappa shape index (κ3) is 5.09. The number of aromatic nitrogens is 1. The first kappa shape index (κ1) is 27.1. The Hall–Kier alpha value is -3.90. The van der Waals surface area contributed by atoms with Crippen molar-refractivity contribution in [1.29, 1.82) is 0 Å². The van der Waals surface area contributed by atoms with Crippen LogP contribution in [0, 0.1) is 17.5 Å². The zero-order chi connectivity index (χ0) is 27.7. The van der Waals surface area contributed by atoms with Crippen molar-refractivity contribution in [3.63, 3.8) is 0 Å². The van der Waals surface area contributed by atoms with E-state index >= 15 is 0 Å². The second-order valence-corrected chi connectivity index (χ2v) is 9.37. The summed E-state index contributed by atoms with van der Waals surface area (Å²) < 4.78 is 55.1. The van der Waals surface area contributed by atoms with Crippen LogP contribution in [0.5, 0.6) is 5.75 Å². The highest BCUT2D eigenvalue weighted by Gasteiger charge is 2.43. The van der Waals surface area contributed by atoms with Crippen LogP contribution in [0.2, 0.25) is 0 Å². The number of fused-ring (bicyclic) bond motifs is 4. The van der Waals surface area contributed by atoms with E-state index in [4.69, 9.17) is 4.84 Å². The minimum absolute atomic E-state index is 0.0715. The molecule has 0 aliphatic carbocycles. The number of benzene rings is 1. The minimum atomic E-state index is -1.23. The van der Waals surface area contributed by atoms with Crippen LogP contribution in [0.15, 0.2) is 28.3 Å². The SMILES string of the molecule is C/C(CCF)=N\OC1CCC(C)N2CC1n1cc(C(=O)NCc3c(F)cc(F)cc3F)c(=O)c(O)c1C2=O. The molecule has 204 valence electrons. The average molecular weight is 538 g/mol. The molecule has 9 nitrogen and oxygen atoms in total. The molecule has 1 saturated heterocycles. The maximum Gasteiger partial charge on any atom is 0.274 e. The molecular formula is C25H26F4N4O5. The predicted molar refractivity (Wildman–Crippen MR) is 127 cm³/mol. The van der Waals surface area contributed by atoms with Gasteiger partial charge < -0.3 is 24.7 Å². The molecule has 3 unspecified atom stereocenters. The summed E-state index contributed by atoms with van der Waals surface area (Å²) in [6.07, 6.45) is 1.46. The Balaban J connectivity index is 1.70. The lowest BCUT2D eigenvalue weighted by Crippen LogP contribution is -2.49. The van der Waals surface area contributed by atoms with Crippen LogP contribution in [0.1, 0.15) is 65.6 Å². The number of amides is 2. The van der Waals surface area contributed by atoms with Crippen molar-refractivity contribution >= 4 is 17.5 Å². The largest absolute Gasteiger partial charge is 0.503 e. The van der Waals surface area contributed by atoms with Gasteiger partial charge in [-0.15, -0.1) is 0 Å². The van der Waals surface area contributed by atoms with Gasteiger partial charge >= 0.3 is 0 Å². The Morgan fingerprint density at radius 3 is 2.55 bits per heavy atom. The molecule has 3 atom stereocenters. The number of aromatic hydroxyl groups is 1. The van der Waals surface area contributed by atoms with Crippen molar-refractivity contribution in [3.05, 3.63) is 62.8 Å². The first-order valence-corrected chi connectivity index (χ1v) is 12.0. The molecule has 2 N–H and O–H groups in total. The lowest BCUT2D eigenvalue weighted by atomic mass is 10.0. The molecule has 2 amide bonds. The topological polar surface area (TPSA) is 113 Å². The Morgan fingerprint density at radius 2 is 1.89 bits per heavy atom. The van der Waals surface area contributed by atoms with Crippen LogP contribution in [-0.4, -0.2) is 57.5 Å². The Morgan fingerprint density at radius 1 is 1.21 bits per heavy atom. The first-order valence-electron chi connectivity index (χ1n) is 12.0. The van der Waals surface area contributed by atoms with E-state index in [-0.39, 0.29) is 24.7 Å². The van der Waals surface area contributed by atoms with E-state index in [1.807, 2.05) is 6.92 Å². The van der Waals surface area contributed by atoms with E-state index < -0.39 is 76.9 Å². The fourth-order valence-electron chi connectivity index (χ4n) is 4.66. The molecule has 2 bridgehead atoms. The number of pyridine rings is 1. The molecular weight excluding hydrogens is 512 g/mol. The van der Waals surface area contributed by atoms with Gasteiger partial charge in [0.05, 0.1) is 18.4 Å². The smallest absolute Gasteiger partial charge is 0.274 e. The van der Waals surface area contributed by atoms with Gasteiger partial charge in [-0.2, -0.15) is 0 Å². The standard InChI is InChI=1S/C25H26F4N4O5/c1-12(5-6-26)31-38-20-4-3-13(2)32-11-19(20)33-10-16(22(34)23(35)21(33)25(32)37)24(36)30-9-15-17(28)7-14(27)8-18(15)29/h7-8,10,13,19-20,35H,3-6,9,11H2,1-2H3,(H,30,36)/b31-12+. The van der Waals surface area contributed by atoms with E-state index in [2.05, 4.69) is 10.5 Å². The highest BCUT2D eigenvalue weighted by atomic mass is 19.1. The van der Waals surface area contributed by atoms with Gasteiger partial charge in [0.15, 0.2) is 11.4 Å². The number of hydrogen-bond donors (Lipinski definition) is 2. The van der Waals surface area contributed by atoms with E-state index in [1.165, 1.54) is 9.47 Å². The predicted octanol–water partition coefficient (Wildman–Crippen LogP) is 3.20. The highest BCUT2D eigenvalue weighted by molar-refractivity contribution is 5.99. The summed E-state index contributed by atoms with van der Waals surface area (Å²) in [6.45, 7) is 2.22. The van der Waals surface area contributed by atoms with Crippen LogP contribution in [0.25, 0.3) is 0 Å². The summed E-state index contributed by atoms with van der Waals surface area (Å²) in [5.74, 6) is -6.23. The van der Waals surface area contributed by atoms with Gasteiger partial charge in [-0.3, -0.25) is 18.8 Å². The second-order valence-electron chi connectivity index (χ2n) is 9.37. The van der Waals surface area contributed by atoms with Gasteiger partial charge in [0.1, 0.15) is 29.1 Å². The van der Waals surface area contributed by atoms with Crippen molar-refractivity contribution in [2.24, 2.45) is 5.16 Å². The van der Waals surface area contributed by atoms with Gasteiger partial charge in [-0.1, -0.05) is 5.16 Å². The summed E-state index contributed by atoms with van der Waals surface area (Å²) in [5, 5.41) is 16.9. The number of halogens is 4. The molecule has 0 saturated carbocycles. The van der Waals surface area contributed by atoms with Crippen LogP contribution < -0.4 is 10.7 Å². The van der Waals surface area contributed by atoms with Crippen molar-refractivity contribution in [2.45, 2.75) is 57.8 Å². The third-order valence-corrected chi connectivity index (χ3v) is 6.82. The normalized spacial score (nSPS) is 21.1. The fourth-order valence-corrected chi connectivity index (χ4v) is 4.66. The monoisotopic (exact) mass is 538 g/mol. The molecule has 1 aromatic heterocycles. The van der Waals surface area contributed by atoms with E-state index in [1.54, 1.807) is 6.92 Å². The molecule has 13 heteroatoms. The molecule has 3 heterocycles. The van der Waals surface area contributed by atoms with Crippen molar-refractivity contribution in [1.82, 2.24) is 14.8 Å². The number of oxime groups is 1. The maximum atomic E-state index is 14.0. The number of nitrogens with zero attached hydrogens (tertiary/aromatic N) is 3. The van der Waals surface area contributed by atoms with Crippen molar-refractivity contribution in [2.75, 3.05) is 13.2 Å². The lowest BCUT2D eigenvalue weighted by Gasteiger charge is -2.38. The zero-order valence-electron chi connectivity index (χ0n) is 20.6. The van der Waals surface area contributed by atoms with Gasteiger partial charge in [-0.05, 0) is 26.7 Å². The average Bonchev–Trinajstić information content (AvgIpc) is 2.99. The summed E-state index contributed by atoms with van der Waals surface area (Å²) in [5.41, 5.74) is -2.27. The summed E-state index contributed by atoms with van der Waals surface area (Å²) in [7, 11) is 0. The molecule has 4 rings (SSSR count). The van der Waals surface area contributed by atoms with Gasteiger partial charge in [0.2, 0.25) is 5.43 Å². The number of nitrogens with one attached hydrogen (secondary N) is 1. The zero-order valence-corrected chi connectivity index (χ0v) is 20.6. The quantitative estimate of drug-likeness (QED) is 0.320. The van der Waals surface area contributed by atoms with Gasteiger partial charge in [-0.25, -0.2) is 13.2 Å². The van der Waals surface area contributed by atoms with Crippen molar-refractivity contribution in [3.8, 4) is 5.75 Å². The number of hydrogen-bond acceptors (Lipinski definition) is 6. The van der Waals surface area contributed by atoms with E-state index in [0.717, 1.165) is 6.20 Å². The number of alkyl halides is 1. The molecule has 1 aromatic carbocycles. The van der Waals surface area contributed by atoms with E-state index in [9.17, 15) is 37.1 Å². The fraction of sp³-hybridized carbons (Fsp3) is 0.440. The molecule has 2 aromatic rings. The summed E-state index contributed by atoms with van der Waals surface area (Å²) >= 11 is 0. The summed E-state index contributed by atoms with van der Waals surface area (Å²) in [6, 6.07) is -0.0141. The highest BCUT2D eigenvalue weighted by Crippen LogP contribution is 2.36. The maximum absolute atomic E-state index is 14.0. The van der Waals surface area contributed by atoms with E-state index in [0.29, 0.717) is 30.7 Å². The molecule has 2 aliphatic heterocycles. The van der Waals surface area contributed by atoms with Crippen LogP contribution in [-0.2, 0) is 11.4 Å². The van der Waals surface area contributed by atoms with Gasteiger partial charge in [0, 0.05) is 49.4 Å². The Kier molecular flexibility index (Phi) is 7.74. The minimum Gasteiger partial charge on any atom is -0.503 e. The first-order chi connectivity index (χ1) is 18.0. The van der Waals surface area contributed by atoms with Gasteiger partial charge in [0.25, 0.3) is 11.8 Å². The summed E-state index contributed by atoms with van der Waals surface area (Å²) in [4.78, 5) is 46.2. The second kappa shape index (κ2) is 10.8. The van der Waals surface area contributed by atoms with Crippen LogP contribution >= 0.6 is 0 Å². The third-order valence-electron chi connectivity index (χ3n) is 6.82. The van der Waals surface area contributed by atoms with Crippen molar-refractivity contribution < 1.29 is 37.1 Å². The molecule has 38 heavy (non-hydrogen) atoms. The number of carbonyl (C=O) groups excluding carboxylic acids is 2.